The molecule has 0 aliphatic carbocycles. The number of hydrogen-bond donors (Lipinski definition) is 1. The molecule has 0 radical (unpaired) electrons. The molecule has 1 N–H and O–H groups in total. The first-order chi connectivity index (χ1) is 11.6. The van der Waals surface area contributed by atoms with E-state index in [0.717, 1.165) is 32.9 Å². The largest absolute Gasteiger partial charge is 0.348 e. The van der Waals surface area contributed by atoms with Gasteiger partial charge in [0.25, 0.3) is 0 Å². The number of thiophene rings is 1. The third-order valence-corrected chi connectivity index (χ3v) is 5.37. The minimum absolute atomic E-state index is 0.127. The fourth-order valence-electron chi connectivity index (χ4n) is 2.54. The second-order valence-corrected chi connectivity index (χ2v) is 8.00. The number of benzene rings is 1. The molecule has 1 aromatic carbocycles. The fraction of sp³-hybridized carbons (Fsp3) is 0.222. The summed E-state index contributed by atoms with van der Waals surface area (Å²) in [6.45, 7) is 1.25. The van der Waals surface area contributed by atoms with Crippen molar-refractivity contribution in [2.24, 2.45) is 0 Å². The van der Waals surface area contributed by atoms with Gasteiger partial charge in [-0.3, -0.25) is 9.59 Å². The van der Waals surface area contributed by atoms with Gasteiger partial charge in [0.1, 0.15) is 0 Å². The maximum Gasteiger partial charge on any atom is 0.244 e. The SMILES string of the molecule is O=C(/C=C/c1ccc(Br)s1)NCc1ccc(N2CCCC2=O)cc1. The average Bonchev–Trinajstić information content (AvgIpc) is 3.20. The van der Waals surface area contributed by atoms with Crippen molar-refractivity contribution in [2.45, 2.75) is 19.4 Å². The highest BCUT2D eigenvalue weighted by Gasteiger charge is 2.21. The van der Waals surface area contributed by atoms with Crippen LogP contribution in [0.2, 0.25) is 0 Å². The molecule has 0 atom stereocenters. The molecule has 0 spiro atoms. The Kier molecular flexibility index (Phi) is 5.48. The quantitative estimate of drug-likeness (QED) is 0.766. The van der Waals surface area contributed by atoms with E-state index in [9.17, 15) is 9.59 Å². The molecular weight excluding hydrogens is 388 g/mol. The number of anilines is 1. The number of amides is 2. The Labute approximate surface area is 153 Å². The van der Waals surface area contributed by atoms with Gasteiger partial charge < -0.3 is 10.2 Å². The van der Waals surface area contributed by atoms with Crippen molar-refractivity contribution in [1.29, 1.82) is 0 Å². The molecule has 2 amide bonds. The van der Waals surface area contributed by atoms with E-state index in [0.29, 0.717) is 13.0 Å². The third kappa shape index (κ3) is 4.33. The van der Waals surface area contributed by atoms with E-state index in [2.05, 4.69) is 21.2 Å². The number of hydrogen-bond acceptors (Lipinski definition) is 3. The van der Waals surface area contributed by atoms with Gasteiger partial charge in [-0.05, 0) is 58.3 Å². The minimum atomic E-state index is -0.127. The summed E-state index contributed by atoms with van der Waals surface area (Å²) in [6, 6.07) is 11.7. The first-order valence-corrected chi connectivity index (χ1v) is 9.33. The third-order valence-electron chi connectivity index (χ3n) is 3.78. The van der Waals surface area contributed by atoms with Crippen LogP contribution in [0.5, 0.6) is 0 Å². The summed E-state index contributed by atoms with van der Waals surface area (Å²) in [7, 11) is 0. The molecular formula is C18H17BrN2O2S. The maximum absolute atomic E-state index is 11.9. The van der Waals surface area contributed by atoms with E-state index in [1.54, 1.807) is 17.4 Å². The number of carbonyl (C=O) groups excluding carboxylic acids is 2. The lowest BCUT2D eigenvalue weighted by Crippen LogP contribution is -2.23. The Morgan fingerprint density at radius 1 is 1.25 bits per heavy atom. The van der Waals surface area contributed by atoms with Crippen LogP contribution in [0.1, 0.15) is 23.3 Å². The van der Waals surface area contributed by atoms with Gasteiger partial charge in [0, 0.05) is 36.2 Å². The van der Waals surface area contributed by atoms with Crippen LogP contribution in [-0.4, -0.2) is 18.4 Å². The van der Waals surface area contributed by atoms with Crippen LogP contribution in [0.25, 0.3) is 6.08 Å². The van der Waals surface area contributed by atoms with E-state index in [4.69, 9.17) is 0 Å². The predicted molar refractivity (Wildman–Crippen MR) is 101 cm³/mol. The van der Waals surface area contributed by atoms with E-state index in [1.807, 2.05) is 41.3 Å². The lowest BCUT2D eigenvalue weighted by atomic mass is 10.2. The van der Waals surface area contributed by atoms with Crippen molar-refractivity contribution in [3.8, 4) is 0 Å². The summed E-state index contributed by atoms with van der Waals surface area (Å²) in [5.74, 6) is 0.0553. The van der Waals surface area contributed by atoms with E-state index in [1.165, 1.54) is 6.08 Å². The molecule has 124 valence electrons. The zero-order chi connectivity index (χ0) is 16.9. The van der Waals surface area contributed by atoms with Crippen LogP contribution >= 0.6 is 27.3 Å². The molecule has 24 heavy (non-hydrogen) atoms. The van der Waals surface area contributed by atoms with Gasteiger partial charge >= 0.3 is 0 Å². The number of nitrogens with one attached hydrogen (secondary N) is 1. The molecule has 0 saturated carbocycles. The molecule has 1 aliphatic rings. The highest BCUT2D eigenvalue weighted by molar-refractivity contribution is 9.11. The Morgan fingerprint density at radius 3 is 2.67 bits per heavy atom. The van der Waals surface area contributed by atoms with E-state index >= 15 is 0 Å². The molecule has 0 unspecified atom stereocenters. The predicted octanol–water partition coefficient (Wildman–Crippen LogP) is 3.97. The summed E-state index contributed by atoms with van der Waals surface area (Å²) >= 11 is 4.97. The molecule has 1 aliphatic heterocycles. The van der Waals surface area contributed by atoms with Gasteiger partial charge in [-0.15, -0.1) is 11.3 Å². The van der Waals surface area contributed by atoms with Gasteiger partial charge in [0.2, 0.25) is 11.8 Å². The Bertz CT molecular complexity index is 768. The van der Waals surface area contributed by atoms with Gasteiger partial charge in [0.05, 0.1) is 3.79 Å². The number of carbonyl (C=O) groups is 2. The number of rotatable bonds is 5. The summed E-state index contributed by atoms with van der Waals surface area (Å²) in [5, 5.41) is 2.86. The average molecular weight is 405 g/mol. The normalized spacial score (nSPS) is 14.5. The molecule has 1 saturated heterocycles. The number of halogens is 1. The highest BCUT2D eigenvalue weighted by Crippen LogP contribution is 2.23. The molecule has 4 nitrogen and oxygen atoms in total. The standard InChI is InChI=1S/C18H17BrN2O2S/c19-16-9-7-15(24-16)8-10-17(22)20-12-13-3-5-14(6-4-13)21-11-1-2-18(21)23/h3-10H,1-2,11-12H2,(H,20,22)/b10-8+. The van der Waals surface area contributed by atoms with Gasteiger partial charge in [-0.1, -0.05) is 12.1 Å². The molecule has 1 aromatic heterocycles. The zero-order valence-electron chi connectivity index (χ0n) is 13.0. The van der Waals surface area contributed by atoms with Crippen LogP contribution < -0.4 is 10.2 Å². The van der Waals surface area contributed by atoms with Crippen LogP contribution in [0.15, 0.2) is 46.3 Å². The maximum atomic E-state index is 11.9. The molecule has 2 aromatic rings. The lowest BCUT2D eigenvalue weighted by Gasteiger charge is -2.15. The molecule has 6 heteroatoms. The van der Waals surface area contributed by atoms with Gasteiger partial charge in [-0.2, -0.15) is 0 Å². The first-order valence-electron chi connectivity index (χ1n) is 7.72. The van der Waals surface area contributed by atoms with Crippen LogP contribution in [0.4, 0.5) is 5.69 Å². The number of nitrogens with zero attached hydrogens (tertiary/aromatic N) is 1. The molecule has 0 bridgehead atoms. The summed E-state index contributed by atoms with van der Waals surface area (Å²) in [6.07, 6.45) is 4.89. The molecule has 2 heterocycles. The lowest BCUT2D eigenvalue weighted by molar-refractivity contribution is -0.117. The first kappa shape index (κ1) is 16.9. The zero-order valence-corrected chi connectivity index (χ0v) is 15.4. The second kappa shape index (κ2) is 7.77. The Morgan fingerprint density at radius 2 is 2.04 bits per heavy atom. The monoisotopic (exact) mass is 404 g/mol. The van der Waals surface area contributed by atoms with Crippen LogP contribution in [0.3, 0.4) is 0 Å². The summed E-state index contributed by atoms with van der Waals surface area (Å²) in [4.78, 5) is 26.4. The van der Waals surface area contributed by atoms with E-state index < -0.39 is 0 Å². The summed E-state index contributed by atoms with van der Waals surface area (Å²) < 4.78 is 1.04. The van der Waals surface area contributed by atoms with Crippen LogP contribution in [-0.2, 0) is 16.1 Å². The summed E-state index contributed by atoms with van der Waals surface area (Å²) in [5.41, 5.74) is 1.93. The van der Waals surface area contributed by atoms with Gasteiger partial charge in [0.15, 0.2) is 0 Å². The van der Waals surface area contributed by atoms with Crippen molar-refractivity contribution in [3.63, 3.8) is 0 Å². The Balaban J connectivity index is 1.52. The van der Waals surface area contributed by atoms with Crippen molar-refractivity contribution in [3.05, 3.63) is 56.7 Å². The van der Waals surface area contributed by atoms with Gasteiger partial charge in [-0.25, -0.2) is 0 Å². The van der Waals surface area contributed by atoms with Crippen molar-refractivity contribution in [1.82, 2.24) is 5.32 Å². The fourth-order valence-corrected chi connectivity index (χ4v) is 3.86. The van der Waals surface area contributed by atoms with Crippen molar-refractivity contribution < 1.29 is 9.59 Å². The van der Waals surface area contributed by atoms with E-state index in [-0.39, 0.29) is 11.8 Å². The Hall–Kier alpha value is -1.92. The van der Waals surface area contributed by atoms with Crippen LogP contribution in [0, 0.1) is 0 Å². The second-order valence-electron chi connectivity index (χ2n) is 5.51. The molecule has 1 fully saturated rings. The topological polar surface area (TPSA) is 49.4 Å². The molecule has 3 rings (SSSR count). The minimum Gasteiger partial charge on any atom is -0.348 e. The highest BCUT2D eigenvalue weighted by atomic mass is 79.9. The smallest absolute Gasteiger partial charge is 0.244 e. The van der Waals surface area contributed by atoms with Crippen molar-refractivity contribution in [2.75, 3.05) is 11.4 Å². The van der Waals surface area contributed by atoms with Crippen molar-refractivity contribution >= 4 is 50.8 Å².